The first kappa shape index (κ1) is 22.3. The molecular weight excluding hydrogens is 380 g/mol. The number of methoxy groups -OCH3 is 1. The summed E-state index contributed by atoms with van der Waals surface area (Å²) in [6, 6.07) is 2.39. The van der Waals surface area contributed by atoms with Gasteiger partial charge in [0, 0.05) is 37.8 Å². The number of benzene rings is 1. The fraction of sp³-hybridized carbons (Fsp3) is 0.579. The van der Waals surface area contributed by atoms with E-state index in [1.165, 1.54) is 24.1 Å². The van der Waals surface area contributed by atoms with E-state index in [9.17, 15) is 19.7 Å². The molecule has 0 unspecified atom stereocenters. The number of ether oxygens (including phenoxy) is 1. The van der Waals surface area contributed by atoms with Crippen LogP contribution in [0.5, 0.6) is 5.75 Å². The average molecular weight is 408 g/mol. The number of likely N-dealkylation sites (tertiary alicyclic amines) is 1. The maximum atomic E-state index is 13.0. The summed E-state index contributed by atoms with van der Waals surface area (Å²) in [4.78, 5) is 38.4. The Morgan fingerprint density at radius 2 is 2.03 bits per heavy atom. The first-order valence-corrected chi connectivity index (χ1v) is 9.34. The van der Waals surface area contributed by atoms with E-state index in [1.54, 1.807) is 11.9 Å². The Bertz CT molecular complexity index is 805. The summed E-state index contributed by atoms with van der Waals surface area (Å²) in [6.07, 6.45) is 0.131. The van der Waals surface area contributed by atoms with E-state index in [1.807, 2.05) is 20.8 Å². The molecule has 160 valence electrons. The zero-order chi connectivity index (χ0) is 21.9. The quantitative estimate of drug-likeness (QED) is 0.567. The number of rotatable bonds is 5. The monoisotopic (exact) mass is 408 g/mol. The van der Waals surface area contributed by atoms with Crippen molar-refractivity contribution in [3.05, 3.63) is 27.8 Å². The predicted molar refractivity (Wildman–Crippen MR) is 108 cm³/mol. The van der Waals surface area contributed by atoms with E-state index in [-0.39, 0.29) is 29.6 Å². The maximum absolute atomic E-state index is 13.0. The molecule has 10 nitrogen and oxygen atoms in total. The van der Waals surface area contributed by atoms with Gasteiger partial charge in [-0.3, -0.25) is 14.9 Å². The van der Waals surface area contributed by atoms with E-state index < -0.39 is 22.5 Å². The lowest BCUT2D eigenvalue weighted by atomic mass is 10.0. The molecule has 0 bridgehead atoms. The van der Waals surface area contributed by atoms with E-state index >= 15 is 0 Å². The molecule has 1 saturated heterocycles. The number of nitro benzene ring substituents is 1. The predicted octanol–water partition coefficient (Wildman–Crippen LogP) is 2.71. The Kier molecular flexibility index (Phi) is 6.55. The van der Waals surface area contributed by atoms with Crippen molar-refractivity contribution in [3.63, 3.8) is 0 Å². The smallest absolute Gasteiger partial charge is 0.404 e. The summed E-state index contributed by atoms with van der Waals surface area (Å²) in [5.41, 5.74) is -0.199. The second-order valence-corrected chi connectivity index (χ2v) is 8.07. The van der Waals surface area contributed by atoms with Gasteiger partial charge < -0.3 is 25.0 Å². The number of nitrogens with one attached hydrogen (secondary N) is 1. The minimum atomic E-state index is -1.14. The van der Waals surface area contributed by atoms with Crippen LogP contribution >= 0.6 is 0 Å². The summed E-state index contributed by atoms with van der Waals surface area (Å²) in [5.74, 6) is -0.162. The molecule has 10 heteroatoms. The van der Waals surface area contributed by atoms with Crippen LogP contribution in [0.15, 0.2) is 12.1 Å². The van der Waals surface area contributed by atoms with Gasteiger partial charge in [0.15, 0.2) is 5.69 Å². The SMILES string of the molecule is COc1cc(C(=O)N2CCC[C@@H](NC(=O)O)C2)cc([N+](=O)[O-])c1N(C)C(C)(C)C. The minimum Gasteiger partial charge on any atom is -0.494 e. The van der Waals surface area contributed by atoms with Crippen LogP contribution in [0, 0.1) is 10.1 Å². The Labute approximate surface area is 169 Å². The number of nitro groups is 1. The third-order valence-corrected chi connectivity index (χ3v) is 5.10. The Morgan fingerprint density at radius 3 is 2.55 bits per heavy atom. The van der Waals surface area contributed by atoms with Gasteiger partial charge in [0.05, 0.1) is 17.6 Å². The molecule has 29 heavy (non-hydrogen) atoms. The highest BCUT2D eigenvalue weighted by Gasteiger charge is 2.32. The highest BCUT2D eigenvalue weighted by atomic mass is 16.6. The van der Waals surface area contributed by atoms with Gasteiger partial charge in [-0.1, -0.05) is 0 Å². The van der Waals surface area contributed by atoms with Gasteiger partial charge in [-0.05, 0) is 39.7 Å². The molecule has 0 aliphatic carbocycles. The van der Waals surface area contributed by atoms with E-state index in [0.717, 1.165) is 0 Å². The largest absolute Gasteiger partial charge is 0.494 e. The van der Waals surface area contributed by atoms with Crippen molar-refractivity contribution >= 4 is 23.4 Å². The Balaban J connectivity index is 2.43. The normalized spacial score (nSPS) is 16.9. The molecule has 0 spiro atoms. The summed E-state index contributed by atoms with van der Waals surface area (Å²) in [6.45, 7) is 6.41. The standard InChI is InChI=1S/C19H28N4O6/c1-19(2,3)21(4)16-14(23(27)28)9-12(10-15(16)29-5)17(24)22-8-6-7-13(11-22)20-18(25)26/h9-10,13,20H,6-8,11H2,1-5H3,(H,25,26)/t13-/m1/s1. The van der Waals surface area contributed by atoms with Crippen LogP contribution in [-0.2, 0) is 0 Å². The number of carbonyl (C=O) groups excluding carboxylic acids is 1. The first-order valence-electron chi connectivity index (χ1n) is 9.34. The van der Waals surface area contributed by atoms with Gasteiger partial charge in [-0.15, -0.1) is 0 Å². The number of carbonyl (C=O) groups is 2. The molecule has 1 atom stereocenters. The minimum absolute atomic E-state index is 0.135. The first-order chi connectivity index (χ1) is 13.5. The van der Waals surface area contributed by atoms with Gasteiger partial charge >= 0.3 is 6.09 Å². The number of carboxylic acid groups (broad SMARTS) is 1. The molecule has 1 aliphatic heterocycles. The number of hydrogen-bond donors (Lipinski definition) is 2. The number of amides is 2. The van der Waals surface area contributed by atoms with E-state index in [4.69, 9.17) is 9.84 Å². The molecule has 1 aromatic carbocycles. The summed E-state index contributed by atoms with van der Waals surface area (Å²) >= 11 is 0. The number of nitrogens with zero attached hydrogens (tertiary/aromatic N) is 3. The van der Waals surface area contributed by atoms with Gasteiger partial charge in [0.25, 0.3) is 11.6 Å². The molecular formula is C19H28N4O6. The molecule has 0 aromatic heterocycles. The number of piperidine rings is 1. The molecule has 0 radical (unpaired) electrons. The fourth-order valence-electron chi connectivity index (χ4n) is 3.32. The van der Waals surface area contributed by atoms with Crippen molar-refractivity contribution in [3.8, 4) is 5.75 Å². The Hall–Kier alpha value is -3.04. The van der Waals surface area contributed by atoms with E-state index in [0.29, 0.717) is 25.1 Å². The summed E-state index contributed by atoms with van der Waals surface area (Å²) in [7, 11) is 3.14. The zero-order valence-electron chi connectivity index (χ0n) is 17.4. The zero-order valence-corrected chi connectivity index (χ0v) is 17.4. The second-order valence-electron chi connectivity index (χ2n) is 8.07. The van der Waals surface area contributed by atoms with Crippen LogP contribution in [0.1, 0.15) is 44.0 Å². The number of hydrogen-bond acceptors (Lipinski definition) is 6. The van der Waals surface area contributed by atoms with Crippen LogP contribution < -0.4 is 15.0 Å². The van der Waals surface area contributed by atoms with Crippen molar-refractivity contribution in [1.29, 1.82) is 0 Å². The van der Waals surface area contributed by atoms with Gasteiger partial charge in [-0.2, -0.15) is 0 Å². The van der Waals surface area contributed by atoms with E-state index in [2.05, 4.69) is 5.32 Å². The van der Waals surface area contributed by atoms with Crippen LogP contribution in [-0.4, -0.2) is 65.8 Å². The molecule has 1 fully saturated rings. The van der Waals surface area contributed by atoms with Crippen molar-refractivity contribution in [2.24, 2.45) is 0 Å². The summed E-state index contributed by atoms with van der Waals surface area (Å²) in [5, 5.41) is 23.1. The molecule has 2 amide bonds. The molecule has 2 rings (SSSR count). The fourth-order valence-corrected chi connectivity index (χ4v) is 3.32. The number of anilines is 1. The molecule has 1 heterocycles. The maximum Gasteiger partial charge on any atom is 0.404 e. The van der Waals surface area contributed by atoms with Crippen LogP contribution in [0.3, 0.4) is 0 Å². The summed E-state index contributed by atoms with van der Waals surface area (Å²) < 4.78 is 5.40. The third kappa shape index (κ3) is 5.07. The molecule has 0 saturated carbocycles. The van der Waals surface area contributed by atoms with Gasteiger partial charge in [0.2, 0.25) is 0 Å². The lowest BCUT2D eigenvalue weighted by Crippen LogP contribution is -2.49. The van der Waals surface area contributed by atoms with Gasteiger partial charge in [0.1, 0.15) is 5.75 Å². The van der Waals surface area contributed by atoms with Gasteiger partial charge in [-0.25, -0.2) is 4.79 Å². The van der Waals surface area contributed by atoms with Crippen molar-refractivity contribution in [2.75, 3.05) is 32.1 Å². The van der Waals surface area contributed by atoms with Crippen molar-refractivity contribution in [1.82, 2.24) is 10.2 Å². The molecule has 1 aliphatic rings. The topological polar surface area (TPSA) is 125 Å². The van der Waals surface area contributed by atoms with Crippen LogP contribution in [0.4, 0.5) is 16.2 Å². The lowest BCUT2D eigenvalue weighted by Gasteiger charge is -2.35. The third-order valence-electron chi connectivity index (χ3n) is 5.10. The van der Waals surface area contributed by atoms with Crippen molar-refractivity contribution < 1.29 is 24.4 Å². The average Bonchev–Trinajstić information content (AvgIpc) is 2.64. The highest BCUT2D eigenvalue weighted by Crippen LogP contribution is 2.41. The van der Waals surface area contributed by atoms with Crippen molar-refractivity contribution in [2.45, 2.75) is 45.2 Å². The Morgan fingerprint density at radius 1 is 1.38 bits per heavy atom. The second kappa shape index (κ2) is 8.54. The molecule has 1 aromatic rings. The lowest BCUT2D eigenvalue weighted by molar-refractivity contribution is -0.384. The van der Waals surface area contributed by atoms with Crippen LogP contribution in [0.25, 0.3) is 0 Å². The highest BCUT2D eigenvalue weighted by molar-refractivity contribution is 5.97. The molecule has 2 N–H and O–H groups in total. The van der Waals surface area contributed by atoms with Crippen LogP contribution in [0.2, 0.25) is 0 Å².